The molecule has 20 heavy (non-hydrogen) atoms. The Kier molecular flexibility index (Phi) is 3.64. The summed E-state index contributed by atoms with van der Waals surface area (Å²) in [6, 6.07) is 3.85. The molecule has 1 amide bonds. The van der Waals surface area contributed by atoms with Crippen molar-refractivity contribution >= 4 is 17.2 Å². The van der Waals surface area contributed by atoms with Gasteiger partial charge in [-0.15, -0.1) is 11.3 Å². The van der Waals surface area contributed by atoms with E-state index in [0.29, 0.717) is 5.00 Å². The van der Waals surface area contributed by atoms with E-state index in [1.165, 1.54) is 16.0 Å². The van der Waals surface area contributed by atoms with Crippen LogP contribution in [0.2, 0.25) is 0 Å². The van der Waals surface area contributed by atoms with E-state index in [2.05, 4.69) is 15.7 Å². The van der Waals surface area contributed by atoms with Gasteiger partial charge in [0, 0.05) is 6.04 Å². The number of hydrogen-bond acceptors (Lipinski definition) is 5. The molecule has 3 rings (SSSR count). The maximum Gasteiger partial charge on any atom is 0.369 e. The molecule has 1 aliphatic rings. The molecule has 8 heteroatoms. The number of aromatic nitrogens is 4. The summed E-state index contributed by atoms with van der Waals surface area (Å²) >= 11 is 1.40. The number of thiophene rings is 1. The van der Waals surface area contributed by atoms with E-state index in [4.69, 9.17) is 0 Å². The van der Waals surface area contributed by atoms with Gasteiger partial charge in [-0.1, -0.05) is 12.8 Å². The molecule has 1 saturated carbocycles. The minimum Gasteiger partial charge on any atom is -0.352 e. The maximum atomic E-state index is 12.1. The number of hydrogen-bond donors (Lipinski definition) is 1. The minimum atomic E-state index is -0.394. The number of rotatable bonds is 4. The highest BCUT2D eigenvalue weighted by Crippen LogP contribution is 2.17. The van der Waals surface area contributed by atoms with Crippen LogP contribution >= 0.6 is 11.3 Å². The largest absolute Gasteiger partial charge is 0.369 e. The molecule has 106 valence electrons. The zero-order chi connectivity index (χ0) is 13.9. The Morgan fingerprint density at radius 1 is 1.40 bits per heavy atom. The summed E-state index contributed by atoms with van der Waals surface area (Å²) in [5, 5.41) is 13.0. The number of amides is 1. The third-order valence-corrected chi connectivity index (χ3v) is 4.21. The molecule has 1 aliphatic carbocycles. The second-order valence-electron chi connectivity index (χ2n) is 4.83. The van der Waals surface area contributed by atoms with Crippen molar-refractivity contribution in [2.75, 3.05) is 0 Å². The van der Waals surface area contributed by atoms with Gasteiger partial charge in [-0.05, 0) is 40.8 Å². The molecule has 0 saturated heterocycles. The van der Waals surface area contributed by atoms with Crippen LogP contribution < -0.4 is 11.0 Å². The maximum absolute atomic E-state index is 12.1. The van der Waals surface area contributed by atoms with Gasteiger partial charge >= 0.3 is 5.69 Å². The fraction of sp³-hybridized carbons (Fsp3) is 0.500. The zero-order valence-corrected chi connectivity index (χ0v) is 11.7. The first kappa shape index (κ1) is 13.0. The van der Waals surface area contributed by atoms with Crippen molar-refractivity contribution in [3.8, 4) is 5.00 Å². The Balaban J connectivity index is 1.69. The quantitative estimate of drug-likeness (QED) is 0.892. The van der Waals surface area contributed by atoms with Gasteiger partial charge in [-0.3, -0.25) is 4.79 Å². The lowest BCUT2D eigenvalue weighted by Gasteiger charge is -2.10. The van der Waals surface area contributed by atoms with Crippen LogP contribution in [0.4, 0.5) is 0 Å². The number of nitrogens with zero attached hydrogens (tertiary/aromatic N) is 4. The molecule has 0 aromatic carbocycles. The lowest BCUT2D eigenvalue weighted by molar-refractivity contribution is -0.122. The predicted octanol–water partition coefficient (Wildman–Crippen LogP) is 0.549. The Morgan fingerprint density at radius 3 is 2.90 bits per heavy atom. The van der Waals surface area contributed by atoms with Crippen LogP contribution in [-0.2, 0) is 11.3 Å². The van der Waals surface area contributed by atoms with Crippen LogP contribution in [0.5, 0.6) is 0 Å². The molecule has 0 spiro atoms. The number of nitrogens with one attached hydrogen (secondary N) is 1. The fourth-order valence-electron chi connectivity index (χ4n) is 2.38. The third-order valence-electron chi connectivity index (χ3n) is 3.37. The Hall–Kier alpha value is -1.96. The molecular weight excluding hydrogens is 278 g/mol. The molecule has 1 N–H and O–H groups in total. The molecular formula is C12H15N5O2S. The van der Waals surface area contributed by atoms with Gasteiger partial charge in [0.25, 0.3) is 0 Å². The summed E-state index contributed by atoms with van der Waals surface area (Å²) in [6.45, 7) is -0.0826. The minimum absolute atomic E-state index is 0.0826. The average molecular weight is 293 g/mol. The SMILES string of the molecule is O=C(Cn1nnn(-c2cccs2)c1=O)NC1CCCC1. The van der Waals surface area contributed by atoms with E-state index < -0.39 is 5.69 Å². The van der Waals surface area contributed by atoms with E-state index in [0.717, 1.165) is 30.4 Å². The highest BCUT2D eigenvalue weighted by Gasteiger charge is 2.18. The summed E-state index contributed by atoms with van der Waals surface area (Å²) in [5.74, 6) is -0.183. The molecule has 2 heterocycles. The van der Waals surface area contributed by atoms with Crippen LogP contribution in [0.15, 0.2) is 22.3 Å². The number of carbonyl (C=O) groups is 1. The van der Waals surface area contributed by atoms with Gasteiger partial charge < -0.3 is 5.32 Å². The van der Waals surface area contributed by atoms with Gasteiger partial charge in [0.15, 0.2) is 0 Å². The second kappa shape index (κ2) is 5.58. The smallest absolute Gasteiger partial charge is 0.352 e. The van der Waals surface area contributed by atoms with Crippen molar-refractivity contribution in [1.82, 2.24) is 25.1 Å². The first-order valence-electron chi connectivity index (χ1n) is 6.60. The molecule has 0 bridgehead atoms. The van der Waals surface area contributed by atoms with Crippen LogP contribution in [0.3, 0.4) is 0 Å². The van der Waals surface area contributed by atoms with Gasteiger partial charge in [0.05, 0.1) is 0 Å². The summed E-state index contributed by atoms with van der Waals surface area (Å²) in [4.78, 5) is 23.9. The van der Waals surface area contributed by atoms with Crippen LogP contribution in [0, 0.1) is 0 Å². The van der Waals surface area contributed by atoms with Crippen molar-refractivity contribution in [3.05, 3.63) is 28.0 Å². The van der Waals surface area contributed by atoms with Crippen molar-refractivity contribution in [2.24, 2.45) is 0 Å². The first-order chi connectivity index (χ1) is 9.74. The van der Waals surface area contributed by atoms with E-state index >= 15 is 0 Å². The van der Waals surface area contributed by atoms with E-state index in [-0.39, 0.29) is 18.5 Å². The first-order valence-corrected chi connectivity index (χ1v) is 7.48. The van der Waals surface area contributed by atoms with Gasteiger partial charge in [-0.2, -0.15) is 9.36 Å². The standard InChI is InChI=1S/C12H15N5O2S/c18-10(13-9-4-1-2-5-9)8-16-12(19)17(15-14-16)11-6-3-7-20-11/h3,6-7,9H,1-2,4-5,8H2,(H,13,18). The molecule has 7 nitrogen and oxygen atoms in total. The number of tetrazole rings is 1. The Morgan fingerprint density at radius 2 is 2.20 bits per heavy atom. The monoisotopic (exact) mass is 293 g/mol. The normalized spacial score (nSPS) is 15.6. The van der Waals surface area contributed by atoms with E-state index in [1.54, 1.807) is 6.07 Å². The lowest BCUT2D eigenvalue weighted by Crippen LogP contribution is -2.38. The van der Waals surface area contributed by atoms with Gasteiger partial charge in [0.1, 0.15) is 11.5 Å². The third kappa shape index (κ3) is 2.64. The topological polar surface area (TPSA) is 81.8 Å². The second-order valence-corrected chi connectivity index (χ2v) is 5.76. The average Bonchev–Trinajstić information content (AvgIpc) is 3.13. The summed E-state index contributed by atoms with van der Waals surface area (Å²) in [5.41, 5.74) is -0.394. The lowest BCUT2D eigenvalue weighted by atomic mass is 10.2. The van der Waals surface area contributed by atoms with E-state index in [1.807, 2.05) is 11.4 Å². The summed E-state index contributed by atoms with van der Waals surface area (Å²) in [6.07, 6.45) is 4.34. The molecule has 0 radical (unpaired) electrons. The van der Waals surface area contributed by atoms with Gasteiger partial charge in [0.2, 0.25) is 5.91 Å². The predicted molar refractivity (Wildman–Crippen MR) is 73.9 cm³/mol. The fourth-order valence-corrected chi connectivity index (χ4v) is 3.05. The van der Waals surface area contributed by atoms with Crippen LogP contribution in [-0.4, -0.2) is 31.7 Å². The molecule has 1 fully saturated rings. The molecule has 0 aliphatic heterocycles. The van der Waals surface area contributed by atoms with Crippen molar-refractivity contribution in [1.29, 1.82) is 0 Å². The van der Waals surface area contributed by atoms with E-state index in [9.17, 15) is 9.59 Å². The van der Waals surface area contributed by atoms with Crippen LogP contribution in [0.1, 0.15) is 25.7 Å². The zero-order valence-electron chi connectivity index (χ0n) is 10.9. The highest BCUT2D eigenvalue weighted by atomic mass is 32.1. The van der Waals surface area contributed by atoms with Crippen molar-refractivity contribution < 1.29 is 4.79 Å². The molecule has 2 aromatic heterocycles. The van der Waals surface area contributed by atoms with Crippen LogP contribution in [0.25, 0.3) is 5.00 Å². The number of carbonyl (C=O) groups excluding carboxylic acids is 1. The molecule has 2 aromatic rings. The Bertz CT molecular complexity index is 639. The summed E-state index contributed by atoms with van der Waals surface area (Å²) in [7, 11) is 0. The summed E-state index contributed by atoms with van der Waals surface area (Å²) < 4.78 is 2.29. The molecule has 0 unspecified atom stereocenters. The Labute approximate surface area is 119 Å². The van der Waals surface area contributed by atoms with Crippen molar-refractivity contribution in [2.45, 2.75) is 38.3 Å². The molecule has 0 atom stereocenters. The van der Waals surface area contributed by atoms with Gasteiger partial charge in [-0.25, -0.2) is 4.79 Å². The van der Waals surface area contributed by atoms with Crippen molar-refractivity contribution in [3.63, 3.8) is 0 Å². The highest BCUT2D eigenvalue weighted by molar-refractivity contribution is 7.12.